The van der Waals surface area contributed by atoms with Crippen LogP contribution in [0.3, 0.4) is 0 Å². The van der Waals surface area contributed by atoms with Crippen molar-refractivity contribution in [2.24, 2.45) is 0 Å². The summed E-state index contributed by atoms with van der Waals surface area (Å²) in [5.74, 6) is 0.655. The number of aryl methyl sites for hydroxylation is 1. The third-order valence-corrected chi connectivity index (χ3v) is 6.66. The third-order valence-electron chi connectivity index (χ3n) is 6.66. The van der Waals surface area contributed by atoms with E-state index in [-0.39, 0.29) is 11.9 Å². The fourth-order valence-electron chi connectivity index (χ4n) is 4.91. The van der Waals surface area contributed by atoms with Gasteiger partial charge >= 0.3 is 5.97 Å². The highest BCUT2D eigenvalue weighted by Gasteiger charge is 2.21. The number of fused-ring (bicyclic) bond motifs is 1. The van der Waals surface area contributed by atoms with Crippen LogP contribution in [0.4, 0.5) is 5.69 Å². The molecule has 0 aliphatic carbocycles. The molecule has 0 spiro atoms. The number of carbonyl (C=O) groups excluding carboxylic acids is 2. The lowest BCUT2D eigenvalue weighted by molar-refractivity contribution is -0.118. The van der Waals surface area contributed by atoms with Crippen molar-refractivity contribution in [2.45, 2.75) is 66.0 Å². The molecular weight excluding hydrogens is 500 g/mol. The van der Waals surface area contributed by atoms with Gasteiger partial charge in [0, 0.05) is 34.0 Å². The minimum absolute atomic E-state index is 0.0520. The van der Waals surface area contributed by atoms with E-state index in [0.717, 1.165) is 58.5 Å². The molecule has 7 nitrogen and oxygen atoms in total. The van der Waals surface area contributed by atoms with Crippen LogP contribution in [-0.2, 0) is 22.5 Å². The third kappa shape index (κ3) is 6.59. The summed E-state index contributed by atoms with van der Waals surface area (Å²) < 4.78 is 7.90. The maximum absolute atomic E-state index is 12.9. The van der Waals surface area contributed by atoms with Crippen molar-refractivity contribution in [3.63, 3.8) is 0 Å². The van der Waals surface area contributed by atoms with Gasteiger partial charge in [0.05, 0.1) is 22.3 Å². The summed E-state index contributed by atoms with van der Waals surface area (Å²) >= 11 is 0. The number of hydrazine groups is 1. The Balaban J connectivity index is 1.69. The number of esters is 1. The van der Waals surface area contributed by atoms with Gasteiger partial charge in [0.2, 0.25) is 5.91 Å². The van der Waals surface area contributed by atoms with E-state index in [1.54, 1.807) is 16.9 Å². The van der Waals surface area contributed by atoms with Gasteiger partial charge in [0.25, 0.3) is 0 Å². The van der Waals surface area contributed by atoms with Crippen LogP contribution in [-0.4, -0.2) is 46.1 Å². The molecule has 1 aromatic heterocycles. The van der Waals surface area contributed by atoms with Crippen molar-refractivity contribution >= 4 is 28.6 Å². The maximum Gasteiger partial charge on any atom is 0.339 e. The molecule has 0 bridgehead atoms. The van der Waals surface area contributed by atoms with Gasteiger partial charge in [-0.1, -0.05) is 55.8 Å². The van der Waals surface area contributed by atoms with Gasteiger partial charge in [0.1, 0.15) is 11.4 Å². The van der Waals surface area contributed by atoms with Crippen LogP contribution in [0.1, 0.15) is 69.2 Å². The predicted molar refractivity (Wildman–Crippen MR) is 161 cm³/mol. The Hall–Kier alpha value is -3.97. The van der Waals surface area contributed by atoms with Crippen LogP contribution in [0, 0.1) is 0 Å². The molecular formula is C33H40N4O3. The van der Waals surface area contributed by atoms with Gasteiger partial charge in [0.15, 0.2) is 0 Å². The zero-order valence-corrected chi connectivity index (χ0v) is 24.7. The fraction of sp³-hybridized carbons (Fsp3) is 0.364. The Kier molecular flexibility index (Phi) is 8.74. The molecule has 0 fully saturated rings. The predicted octanol–water partition coefficient (Wildman–Crippen LogP) is 6.88. The number of benzene rings is 3. The van der Waals surface area contributed by atoms with Gasteiger partial charge in [-0.05, 0) is 68.1 Å². The summed E-state index contributed by atoms with van der Waals surface area (Å²) in [7, 11) is 3.72. The minimum atomic E-state index is -0.565. The highest BCUT2D eigenvalue weighted by atomic mass is 16.6. The number of carbonyl (C=O) groups is 2. The molecule has 0 N–H and O–H groups in total. The number of imidazole rings is 1. The molecule has 0 saturated carbocycles. The highest BCUT2D eigenvalue weighted by Crippen LogP contribution is 2.28. The molecule has 0 radical (unpaired) electrons. The standard InChI is InChI=1S/C33H40N4O3/c1-8-9-14-31-34-29-20-19-26(37(23(2)38)35(6)7)21-30(29)36(31)22-24-15-17-25(18-16-24)27-12-10-11-13-28(27)32(39)40-33(3,4)5/h10-13,15-21H,8-9,14,22H2,1-7H3. The summed E-state index contributed by atoms with van der Waals surface area (Å²) in [6.07, 6.45) is 3.01. The average molecular weight is 541 g/mol. The largest absolute Gasteiger partial charge is 0.456 e. The second-order valence-electron chi connectivity index (χ2n) is 11.3. The van der Waals surface area contributed by atoms with Crippen molar-refractivity contribution in [3.8, 4) is 11.1 Å². The summed E-state index contributed by atoms with van der Waals surface area (Å²) in [6, 6.07) is 21.8. The Bertz CT molecular complexity index is 1500. The van der Waals surface area contributed by atoms with E-state index >= 15 is 0 Å². The number of rotatable bonds is 9. The lowest BCUT2D eigenvalue weighted by Crippen LogP contribution is -2.40. The van der Waals surface area contributed by atoms with Gasteiger partial charge in [-0.2, -0.15) is 0 Å². The highest BCUT2D eigenvalue weighted by molar-refractivity contribution is 5.97. The topological polar surface area (TPSA) is 67.7 Å². The van der Waals surface area contributed by atoms with Crippen molar-refractivity contribution in [1.82, 2.24) is 14.6 Å². The Morgan fingerprint density at radius 3 is 2.30 bits per heavy atom. The quantitative estimate of drug-likeness (QED) is 0.171. The van der Waals surface area contributed by atoms with Gasteiger partial charge < -0.3 is 9.30 Å². The van der Waals surface area contributed by atoms with Crippen LogP contribution in [0.25, 0.3) is 22.2 Å². The summed E-state index contributed by atoms with van der Waals surface area (Å²) in [6.45, 7) is 10.0. The second-order valence-corrected chi connectivity index (χ2v) is 11.3. The van der Waals surface area contributed by atoms with E-state index in [9.17, 15) is 9.59 Å². The number of hydrogen-bond acceptors (Lipinski definition) is 5. The zero-order chi connectivity index (χ0) is 29.0. The molecule has 4 rings (SSSR count). The average Bonchev–Trinajstić information content (AvgIpc) is 3.23. The van der Waals surface area contributed by atoms with Gasteiger partial charge in [-0.25, -0.2) is 19.8 Å². The Morgan fingerprint density at radius 2 is 1.68 bits per heavy atom. The summed E-state index contributed by atoms with van der Waals surface area (Å²) in [5, 5.41) is 3.44. The number of nitrogens with zero attached hydrogens (tertiary/aromatic N) is 4. The van der Waals surface area contributed by atoms with Crippen LogP contribution >= 0.6 is 0 Å². The monoisotopic (exact) mass is 540 g/mol. The Labute approximate surface area is 237 Å². The number of ether oxygens (including phenoxy) is 1. The van der Waals surface area contributed by atoms with E-state index < -0.39 is 5.60 Å². The molecule has 3 aromatic carbocycles. The van der Waals surface area contributed by atoms with Crippen LogP contribution in [0.5, 0.6) is 0 Å². The first-order valence-electron chi connectivity index (χ1n) is 13.9. The molecule has 210 valence electrons. The summed E-state index contributed by atoms with van der Waals surface area (Å²) in [4.78, 5) is 30.2. The number of anilines is 1. The first-order valence-corrected chi connectivity index (χ1v) is 13.9. The van der Waals surface area contributed by atoms with E-state index in [4.69, 9.17) is 9.72 Å². The van der Waals surface area contributed by atoms with Crippen molar-refractivity contribution in [3.05, 3.63) is 83.7 Å². The molecule has 0 aliphatic rings. The molecule has 0 atom stereocenters. The van der Waals surface area contributed by atoms with E-state index in [1.807, 2.05) is 77.3 Å². The molecule has 0 saturated heterocycles. The normalized spacial score (nSPS) is 11.7. The van der Waals surface area contributed by atoms with Crippen molar-refractivity contribution in [1.29, 1.82) is 0 Å². The number of aromatic nitrogens is 2. The number of amides is 1. The number of unbranched alkanes of at least 4 members (excludes halogenated alkanes) is 1. The minimum Gasteiger partial charge on any atom is -0.456 e. The maximum atomic E-state index is 12.9. The molecule has 4 aromatic rings. The molecule has 40 heavy (non-hydrogen) atoms. The molecule has 7 heteroatoms. The first-order chi connectivity index (χ1) is 19.0. The fourth-order valence-corrected chi connectivity index (χ4v) is 4.91. The number of hydrogen-bond donors (Lipinski definition) is 0. The lowest BCUT2D eigenvalue weighted by Gasteiger charge is -2.27. The van der Waals surface area contributed by atoms with Crippen LogP contribution < -0.4 is 5.01 Å². The molecule has 0 unspecified atom stereocenters. The van der Waals surface area contributed by atoms with E-state index in [1.165, 1.54) is 0 Å². The lowest BCUT2D eigenvalue weighted by atomic mass is 9.98. The first kappa shape index (κ1) is 29.0. The molecule has 0 aliphatic heterocycles. The summed E-state index contributed by atoms with van der Waals surface area (Å²) in [5.41, 5.74) is 5.63. The van der Waals surface area contributed by atoms with Crippen LogP contribution in [0.15, 0.2) is 66.7 Å². The van der Waals surface area contributed by atoms with Crippen molar-refractivity contribution in [2.75, 3.05) is 19.1 Å². The van der Waals surface area contributed by atoms with E-state index in [2.05, 4.69) is 35.8 Å². The SMILES string of the molecule is CCCCc1nc2ccc(N(C(C)=O)N(C)C)cc2n1Cc1ccc(-c2ccccc2C(=O)OC(C)(C)C)cc1. The smallest absolute Gasteiger partial charge is 0.339 e. The van der Waals surface area contributed by atoms with Gasteiger partial charge in [-0.15, -0.1) is 0 Å². The zero-order valence-electron chi connectivity index (χ0n) is 24.7. The second kappa shape index (κ2) is 12.0. The van der Waals surface area contributed by atoms with E-state index in [0.29, 0.717) is 12.1 Å². The Morgan fingerprint density at radius 1 is 0.975 bits per heavy atom. The van der Waals surface area contributed by atoms with Crippen molar-refractivity contribution < 1.29 is 14.3 Å². The van der Waals surface area contributed by atoms with Gasteiger partial charge in [-0.3, -0.25) is 4.79 Å². The molecule has 1 heterocycles. The molecule has 1 amide bonds. The van der Waals surface area contributed by atoms with Crippen LogP contribution in [0.2, 0.25) is 0 Å².